The van der Waals surface area contributed by atoms with Gasteiger partial charge in [0.15, 0.2) is 0 Å². The molecular weight excluding hydrogens is 224 g/mol. The Kier molecular flexibility index (Phi) is 19.5. The quantitative estimate of drug-likeness (QED) is 0.495. The summed E-state index contributed by atoms with van der Waals surface area (Å²) in [6, 6.07) is 0. The molecule has 0 saturated heterocycles. The van der Waals surface area contributed by atoms with E-state index in [1.165, 1.54) is 6.92 Å². The van der Waals surface area contributed by atoms with Crippen LogP contribution in [0, 0.1) is 0 Å². The third-order valence-electron chi connectivity index (χ3n) is 1.60. The van der Waals surface area contributed by atoms with Crippen LogP contribution in [-0.2, 0) is 19.0 Å². The fourth-order valence-electron chi connectivity index (χ4n) is 0.836. The monoisotopic (exact) mass is 250 g/mol. The van der Waals surface area contributed by atoms with Crippen LogP contribution in [0.4, 0.5) is 0 Å². The average molecular weight is 250 g/mol. The number of rotatable bonds is 9. The zero-order valence-corrected chi connectivity index (χ0v) is 11.2. The molecule has 0 saturated carbocycles. The maximum atomic E-state index is 9.82. The van der Waals surface area contributed by atoms with Crippen molar-refractivity contribution in [1.82, 2.24) is 0 Å². The summed E-state index contributed by atoms with van der Waals surface area (Å²) in [5.74, 6) is -0.211. The van der Waals surface area contributed by atoms with E-state index in [1.54, 1.807) is 6.92 Å². The molecule has 0 aromatic heterocycles. The lowest BCUT2D eigenvalue weighted by Crippen LogP contribution is -2.07. The molecular formula is C12H26O5. The molecule has 0 fully saturated rings. The zero-order valence-electron chi connectivity index (χ0n) is 11.2. The van der Waals surface area contributed by atoms with Crippen LogP contribution in [0.1, 0.15) is 33.6 Å². The summed E-state index contributed by atoms with van der Waals surface area (Å²) >= 11 is 0. The van der Waals surface area contributed by atoms with Gasteiger partial charge in [-0.25, -0.2) is 0 Å². The molecule has 0 unspecified atom stereocenters. The van der Waals surface area contributed by atoms with Crippen LogP contribution in [0.25, 0.3) is 0 Å². The molecule has 0 radical (unpaired) electrons. The first-order valence-electron chi connectivity index (χ1n) is 6.08. The van der Waals surface area contributed by atoms with E-state index < -0.39 is 0 Å². The van der Waals surface area contributed by atoms with Crippen molar-refractivity contribution in [1.29, 1.82) is 0 Å². The average Bonchev–Trinajstić information content (AvgIpc) is 2.29. The second kappa shape index (κ2) is 17.7. The van der Waals surface area contributed by atoms with Gasteiger partial charge in [-0.3, -0.25) is 4.79 Å². The number of hydrogen-bond acceptors (Lipinski definition) is 5. The van der Waals surface area contributed by atoms with Gasteiger partial charge < -0.3 is 19.3 Å². The van der Waals surface area contributed by atoms with Crippen molar-refractivity contribution in [3.63, 3.8) is 0 Å². The number of ether oxygens (including phenoxy) is 3. The van der Waals surface area contributed by atoms with Crippen molar-refractivity contribution in [2.45, 2.75) is 33.6 Å². The number of esters is 1. The summed E-state index contributed by atoms with van der Waals surface area (Å²) < 4.78 is 14.6. The van der Waals surface area contributed by atoms with Crippen molar-refractivity contribution in [3.8, 4) is 0 Å². The molecule has 0 aromatic carbocycles. The van der Waals surface area contributed by atoms with Gasteiger partial charge in [0.1, 0.15) is 0 Å². The summed E-state index contributed by atoms with van der Waals surface area (Å²) in [7, 11) is 0. The predicted octanol–water partition coefficient (Wildman–Crippen LogP) is 1.38. The normalized spacial score (nSPS) is 9.41. The zero-order chi connectivity index (χ0) is 13.4. The van der Waals surface area contributed by atoms with E-state index in [9.17, 15) is 4.79 Å². The number of unbranched alkanes of at least 4 members (excludes halogenated alkanes) is 1. The Morgan fingerprint density at radius 1 is 1.06 bits per heavy atom. The van der Waals surface area contributed by atoms with Gasteiger partial charge in [-0.05, 0) is 13.3 Å². The smallest absolute Gasteiger partial charge is 0.302 e. The standard InChI is InChI=1S/C8H18O3.C4H8O2/c1-2-3-5-10-7-8-11-6-4-9;1-3-6-4(2)5/h9H,2-8H2,1H3;3H2,1-2H3. The third kappa shape index (κ3) is 25.5. The van der Waals surface area contributed by atoms with Gasteiger partial charge in [-0.1, -0.05) is 13.3 Å². The minimum atomic E-state index is -0.211. The first-order chi connectivity index (χ1) is 8.18. The van der Waals surface area contributed by atoms with Crippen molar-refractivity contribution in [3.05, 3.63) is 0 Å². The number of aliphatic hydroxyl groups excluding tert-OH is 1. The molecule has 0 aromatic rings. The number of carbonyl (C=O) groups excluding carboxylic acids is 1. The molecule has 104 valence electrons. The van der Waals surface area contributed by atoms with Gasteiger partial charge >= 0.3 is 5.97 Å². The highest BCUT2D eigenvalue weighted by molar-refractivity contribution is 5.65. The summed E-state index contributed by atoms with van der Waals surface area (Å²) in [6.07, 6.45) is 2.28. The van der Waals surface area contributed by atoms with Crippen LogP contribution >= 0.6 is 0 Å². The van der Waals surface area contributed by atoms with Crippen LogP contribution in [0.5, 0.6) is 0 Å². The van der Waals surface area contributed by atoms with Gasteiger partial charge in [0.25, 0.3) is 0 Å². The van der Waals surface area contributed by atoms with Crippen molar-refractivity contribution in [2.75, 3.05) is 39.6 Å². The van der Waals surface area contributed by atoms with Crippen LogP contribution in [0.15, 0.2) is 0 Å². The molecule has 0 aliphatic carbocycles. The Hall–Kier alpha value is -0.650. The van der Waals surface area contributed by atoms with E-state index in [2.05, 4.69) is 11.7 Å². The lowest BCUT2D eigenvalue weighted by molar-refractivity contribution is -0.140. The number of hydrogen-bond donors (Lipinski definition) is 1. The molecule has 5 nitrogen and oxygen atoms in total. The van der Waals surface area contributed by atoms with E-state index in [0.29, 0.717) is 26.4 Å². The Labute approximate surface area is 104 Å². The first kappa shape index (κ1) is 18.7. The van der Waals surface area contributed by atoms with E-state index in [0.717, 1.165) is 19.4 Å². The van der Waals surface area contributed by atoms with Crippen LogP contribution < -0.4 is 0 Å². The highest BCUT2D eigenvalue weighted by Crippen LogP contribution is 1.87. The third-order valence-corrected chi connectivity index (χ3v) is 1.60. The Morgan fingerprint density at radius 2 is 1.65 bits per heavy atom. The van der Waals surface area contributed by atoms with Gasteiger partial charge in [-0.2, -0.15) is 0 Å². The van der Waals surface area contributed by atoms with Gasteiger partial charge in [-0.15, -0.1) is 0 Å². The molecule has 1 N–H and O–H groups in total. The molecule has 0 amide bonds. The van der Waals surface area contributed by atoms with Gasteiger partial charge in [0, 0.05) is 13.5 Å². The molecule has 17 heavy (non-hydrogen) atoms. The highest BCUT2D eigenvalue weighted by atomic mass is 16.5. The molecule has 0 heterocycles. The molecule has 0 aliphatic heterocycles. The van der Waals surface area contributed by atoms with Crippen LogP contribution in [0.3, 0.4) is 0 Å². The molecule has 0 rings (SSSR count). The highest BCUT2D eigenvalue weighted by Gasteiger charge is 1.87. The fraction of sp³-hybridized carbons (Fsp3) is 0.917. The molecule has 0 atom stereocenters. The molecule has 5 heteroatoms. The number of aliphatic hydroxyl groups is 1. The summed E-state index contributed by atoms with van der Waals surface area (Å²) in [4.78, 5) is 9.82. The lowest BCUT2D eigenvalue weighted by Gasteiger charge is -2.02. The van der Waals surface area contributed by atoms with Crippen molar-refractivity contribution >= 4 is 5.97 Å². The molecule has 0 aliphatic rings. The van der Waals surface area contributed by atoms with Gasteiger partial charge in [0.2, 0.25) is 0 Å². The van der Waals surface area contributed by atoms with Crippen LogP contribution in [-0.4, -0.2) is 50.7 Å². The second-order valence-corrected chi connectivity index (χ2v) is 3.23. The van der Waals surface area contributed by atoms with E-state index in [-0.39, 0.29) is 12.6 Å². The lowest BCUT2D eigenvalue weighted by atomic mass is 10.4. The van der Waals surface area contributed by atoms with E-state index in [1.807, 2.05) is 0 Å². The van der Waals surface area contributed by atoms with Gasteiger partial charge in [0.05, 0.1) is 33.0 Å². The van der Waals surface area contributed by atoms with Crippen molar-refractivity contribution < 1.29 is 24.1 Å². The minimum absolute atomic E-state index is 0.0922. The first-order valence-corrected chi connectivity index (χ1v) is 6.08. The van der Waals surface area contributed by atoms with Crippen LogP contribution in [0.2, 0.25) is 0 Å². The number of carbonyl (C=O) groups is 1. The molecule has 0 spiro atoms. The van der Waals surface area contributed by atoms with E-state index in [4.69, 9.17) is 14.6 Å². The summed E-state index contributed by atoms with van der Waals surface area (Å²) in [5.41, 5.74) is 0. The summed E-state index contributed by atoms with van der Waals surface area (Å²) in [6.45, 7) is 8.33. The topological polar surface area (TPSA) is 65.0 Å². The largest absolute Gasteiger partial charge is 0.466 e. The minimum Gasteiger partial charge on any atom is -0.466 e. The maximum absolute atomic E-state index is 9.82. The summed E-state index contributed by atoms with van der Waals surface area (Å²) in [5, 5.41) is 8.34. The Balaban J connectivity index is 0. The maximum Gasteiger partial charge on any atom is 0.302 e. The van der Waals surface area contributed by atoms with E-state index >= 15 is 0 Å². The predicted molar refractivity (Wildman–Crippen MR) is 65.9 cm³/mol. The SMILES string of the molecule is CCCCOCCOCCO.CCOC(C)=O. The molecule has 0 bridgehead atoms. The van der Waals surface area contributed by atoms with Crippen molar-refractivity contribution in [2.24, 2.45) is 0 Å². The Morgan fingerprint density at radius 3 is 2.00 bits per heavy atom. The second-order valence-electron chi connectivity index (χ2n) is 3.23. The Bertz CT molecular complexity index is 142. The fourth-order valence-corrected chi connectivity index (χ4v) is 0.836.